The van der Waals surface area contributed by atoms with Crippen LogP contribution in [0.5, 0.6) is 0 Å². The van der Waals surface area contributed by atoms with Gasteiger partial charge in [-0.1, -0.05) is 36.4 Å². The van der Waals surface area contributed by atoms with Gasteiger partial charge in [-0.15, -0.1) is 0 Å². The first-order valence-electron chi connectivity index (χ1n) is 6.90. The van der Waals surface area contributed by atoms with Crippen molar-refractivity contribution in [3.63, 3.8) is 0 Å². The zero-order valence-corrected chi connectivity index (χ0v) is 12.3. The number of pyridine rings is 1. The predicted octanol–water partition coefficient (Wildman–Crippen LogP) is 2.38. The van der Waals surface area contributed by atoms with Gasteiger partial charge in [-0.2, -0.15) is 0 Å². The van der Waals surface area contributed by atoms with E-state index in [1.54, 1.807) is 19.4 Å². The van der Waals surface area contributed by atoms with Crippen molar-refractivity contribution in [1.82, 2.24) is 15.2 Å². The Morgan fingerprint density at radius 3 is 2.50 bits per heavy atom. The van der Waals surface area contributed by atoms with E-state index in [0.717, 1.165) is 17.3 Å². The van der Waals surface area contributed by atoms with Crippen molar-refractivity contribution in [2.75, 3.05) is 7.05 Å². The summed E-state index contributed by atoms with van der Waals surface area (Å²) >= 11 is 0. The van der Waals surface area contributed by atoms with Crippen LogP contribution in [0.4, 0.5) is 0 Å². The van der Waals surface area contributed by atoms with Gasteiger partial charge in [0.05, 0.1) is 4.92 Å². The van der Waals surface area contributed by atoms with E-state index in [-0.39, 0.29) is 0 Å². The molecule has 0 saturated heterocycles. The molecule has 0 bridgehead atoms. The molecular formula is C16H18N4O2. The Morgan fingerprint density at radius 2 is 1.91 bits per heavy atom. The topological polar surface area (TPSA) is 71.3 Å². The average Bonchev–Trinajstić information content (AvgIpc) is 2.54. The molecule has 0 aliphatic heterocycles. The molecule has 0 spiro atoms. The minimum absolute atomic E-state index is 0.451. The summed E-state index contributed by atoms with van der Waals surface area (Å²) in [4.78, 5) is 16.4. The van der Waals surface area contributed by atoms with E-state index < -0.39 is 4.92 Å². The Labute approximate surface area is 129 Å². The molecule has 114 valence electrons. The molecule has 0 aliphatic rings. The van der Waals surface area contributed by atoms with Crippen LogP contribution in [-0.4, -0.2) is 21.9 Å². The van der Waals surface area contributed by atoms with Gasteiger partial charge in [0, 0.05) is 32.5 Å². The Bertz CT molecular complexity index is 588. The van der Waals surface area contributed by atoms with Crippen LogP contribution in [0, 0.1) is 10.1 Å². The molecule has 2 aromatic rings. The Balaban J connectivity index is 2.25. The van der Waals surface area contributed by atoms with E-state index in [1.165, 1.54) is 0 Å². The number of hydrogen-bond donors (Lipinski definition) is 1. The third-order valence-electron chi connectivity index (χ3n) is 3.14. The van der Waals surface area contributed by atoms with Crippen molar-refractivity contribution >= 4 is 0 Å². The Kier molecular flexibility index (Phi) is 5.48. The second kappa shape index (κ2) is 7.78. The first-order valence-corrected chi connectivity index (χ1v) is 6.90. The number of rotatable bonds is 7. The minimum Gasteiger partial charge on any atom is -0.370 e. The first kappa shape index (κ1) is 15.5. The standard InChI is InChI=1S/C16H18N4O2/c1-17-16(13-20(21)22)19(11-14-6-3-2-4-7-14)12-15-8-5-9-18-10-15/h2-10,13,17H,11-12H2,1H3/b16-13+. The van der Waals surface area contributed by atoms with Gasteiger partial charge in [0.1, 0.15) is 0 Å². The van der Waals surface area contributed by atoms with E-state index in [9.17, 15) is 10.1 Å². The van der Waals surface area contributed by atoms with Crippen molar-refractivity contribution in [3.05, 3.63) is 88.1 Å². The summed E-state index contributed by atoms with van der Waals surface area (Å²) in [6.07, 6.45) is 4.45. The molecule has 2 rings (SSSR count). The Morgan fingerprint density at radius 1 is 1.23 bits per heavy atom. The summed E-state index contributed by atoms with van der Waals surface area (Å²) in [5, 5.41) is 13.7. The van der Waals surface area contributed by atoms with Crippen LogP contribution in [0.25, 0.3) is 0 Å². The molecule has 6 heteroatoms. The summed E-state index contributed by atoms with van der Waals surface area (Å²) in [7, 11) is 1.68. The van der Waals surface area contributed by atoms with Gasteiger partial charge < -0.3 is 10.2 Å². The maximum atomic E-state index is 10.8. The lowest BCUT2D eigenvalue weighted by atomic mass is 10.2. The van der Waals surface area contributed by atoms with Crippen LogP contribution in [0.3, 0.4) is 0 Å². The van der Waals surface area contributed by atoms with E-state index >= 15 is 0 Å². The number of nitrogens with zero attached hydrogens (tertiary/aromatic N) is 3. The summed E-state index contributed by atoms with van der Waals surface area (Å²) in [5.41, 5.74) is 2.07. The lowest BCUT2D eigenvalue weighted by Crippen LogP contribution is -2.30. The molecule has 0 unspecified atom stereocenters. The second-order valence-corrected chi connectivity index (χ2v) is 4.75. The predicted molar refractivity (Wildman–Crippen MR) is 84.1 cm³/mol. The zero-order valence-electron chi connectivity index (χ0n) is 12.3. The molecule has 6 nitrogen and oxygen atoms in total. The van der Waals surface area contributed by atoms with Crippen molar-refractivity contribution in [2.24, 2.45) is 0 Å². The van der Waals surface area contributed by atoms with E-state index in [0.29, 0.717) is 18.9 Å². The first-order chi connectivity index (χ1) is 10.7. The van der Waals surface area contributed by atoms with Crippen molar-refractivity contribution in [3.8, 4) is 0 Å². The molecule has 22 heavy (non-hydrogen) atoms. The number of hydrogen-bond acceptors (Lipinski definition) is 5. The summed E-state index contributed by atoms with van der Waals surface area (Å²) < 4.78 is 0. The highest BCUT2D eigenvalue weighted by Gasteiger charge is 2.13. The van der Waals surface area contributed by atoms with Crippen LogP contribution < -0.4 is 5.32 Å². The summed E-state index contributed by atoms with van der Waals surface area (Å²) in [6, 6.07) is 13.6. The van der Waals surface area contributed by atoms with Gasteiger partial charge in [0.25, 0.3) is 6.20 Å². The molecule has 0 amide bonds. The average molecular weight is 298 g/mol. The number of benzene rings is 1. The van der Waals surface area contributed by atoms with Crippen molar-refractivity contribution < 1.29 is 4.92 Å². The van der Waals surface area contributed by atoms with Crippen LogP contribution in [0.15, 0.2) is 66.9 Å². The number of nitro groups is 1. The van der Waals surface area contributed by atoms with Crippen LogP contribution >= 0.6 is 0 Å². The maximum Gasteiger partial charge on any atom is 0.274 e. The molecule has 0 aliphatic carbocycles. The molecule has 1 aromatic carbocycles. The quantitative estimate of drug-likeness (QED) is 0.627. The highest BCUT2D eigenvalue weighted by Crippen LogP contribution is 2.13. The minimum atomic E-state index is -0.451. The molecule has 0 atom stereocenters. The normalized spacial score (nSPS) is 11.0. The van der Waals surface area contributed by atoms with Gasteiger partial charge in [-0.05, 0) is 17.2 Å². The fourth-order valence-electron chi connectivity index (χ4n) is 2.15. The monoisotopic (exact) mass is 298 g/mol. The summed E-state index contributed by atoms with van der Waals surface area (Å²) in [6.45, 7) is 1.10. The molecule has 0 saturated carbocycles. The maximum absolute atomic E-state index is 10.8. The molecule has 0 radical (unpaired) electrons. The largest absolute Gasteiger partial charge is 0.370 e. The molecule has 1 N–H and O–H groups in total. The van der Waals surface area contributed by atoms with Gasteiger partial charge in [-0.25, -0.2) is 0 Å². The zero-order chi connectivity index (χ0) is 15.8. The Hall–Kier alpha value is -2.89. The molecule has 0 fully saturated rings. The number of nitrogens with one attached hydrogen (secondary N) is 1. The van der Waals surface area contributed by atoms with Gasteiger partial charge in [0.15, 0.2) is 5.82 Å². The van der Waals surface area contributed by atoms with Crippen molar-refractivity contribution in [1.29, 1.82) is 0 Å². The fraction of sp³-hybridized carbons (Fsp3) is 0.188. The number of aromatic nitrogens is 1. The summed E-state index contributed by atoms with van der Waals surface area (Å²) in [5.74, 6) is 0.456. The van der Waals surface area contributed by atoms with Crippen LogP contribution in [0.2, 0.25) is 0 Å². The van der Waals surface area contributed by atoms with Crippen LogP contribution in [-0.2, 0) is 13.1 Å². The van der Waals surface area contributed by atoms with Gasteiger partial charge >= 0.3 is 0 Å². The van der Waals surface area contributed by atoms with Gasteiger partial charge in [-0.3, -0.25) is 15.1 Å². The third-order valence-corrected chi connectivity index (χ3v) is 3.14. The van der Waals surface area contributed by atoms with Crippen LogP contribution in [0.1, 0.15) is 11.1 Å². The lowest BCUT2D eigenvalue weighted by Gasteiger charge is -2.25. The third kappa shape index (κ3) is 4.59. The van der Waals surface area contributed by atoms with E-state index in [1.807, 2.05) is 47.4 Å². The second-order valence-electron chi connectivity index (χ2n) is 4.75. The highest BCUT2D eigenvalue weighted by molar-refractivity contribution is 5.17. The smallest absolute Gasteiger partial charge is 0.274 e. The fourth-order valence-corrected chi connectivity index (χ4v) is 2.15. The lowest BCUT2D eigenvalue weighted by molar-refractivity contribution is -0.404. The molecule has 1 aromatic heterocycles. The molecule has 1 heterocycles. The van der Waals surface area contributed by atoms with Crippen molar-refractivity contribution in [2.45, 2.75) is 13.1 Å². The van der Waals surface area contributed by atoms with E-state index in [2.05, 4.69) is 10.3 Å². The SMILES string of the molecule is CN/C(=C\[N+](=O)[O-])N(Cc1ccccc1)Cc1cccnc1. The van der Waals surface area contributed by atoms with E-state index in [4.69, 9.17) is 0 Å². The van der Waals surface area contributed by atoms with Gasteiger partial charge in [0.2, 0.25) is 0 Å². The molecular weight excluding hydrogens is 280 g/mol. The highest BCUT2D eigenvalue weighted by atomic mass is 16.6.